The molecule has 16 heavy (non-hydrogen) atoms. The molecule has 0 atom stereocenters. The van der Waals surface area contributed by atoms with Crippen molar-refractivity contribution in [3.8, 4) is 6.07 Å². The highest BCUT2D eigenvalue weighted by atomic mass is 19.4. The van der Waals surface area contributed by atoms with E-state index in [2.05, 4.69) is 0 Å². The summed E-state index contributed by atoms with van der Waals surface area (Å²) in [7, 11) is 0. The zero-order valence-corrected chi connectivity index (χ0v) is 8.64. The van der Waals surface area contributed by atoms with Gasteiger partial charge in [-0.3, -0.25) is 4.79 Å². The molecule has 0 aromatic heterocycles. The van der Waals surface area contributed by atoms with E-state index in [1.807, 2.05) is 0 Å². The Hall–Kier alpha value is -1.83. The second-order valence-electron chi connectivity index (χ2n) is 3.40. The Morgan fingerprint density at radius 2 is 1.94 bits per heavy atom. The maximum Gasteiger partial charge on any atom is 0.417 e. The van der Waals surface area contributed by atoms with Crippen molar-refractivity contribution < 1.29 is 18.0 Å². The smallest absolute Gasteiger partial charge is 0.294 e. The minimum atomic E-state index is -4.62. The lowest BCUT2D eigenvalue weighted by atomic mass is 9.96. The van der Waals surface area contributed by atoms with Crippen molar-refractivity contribution in [2.75, 3.05) is 0 Å². The van der Waals surface area contributed by atoms with Crippen LogP contribution in [-0.4, -0.2) is 5.78 Å². The summed E-state index contributed by atoms with van der Waals surface area (Å²) in [5.74, 6) is -0.550. The van der Waals surface area contributed by atoms with Crippen molar-refractivity contribution >= 4 is 5.78 Å². The van der Waals surface area contributed by atoms with Crippen LogP contribution in [0.5, 0.6) is 0 Å². The third kappa shape index (κ3) is 2.22. The molecular weight excluding hydrogens is 219 g/mol. The average Bonchev–Trinajstić information content (AvgIpc) is 2.14. The Balaban J connectivity index is 3.63. The number of carbonyl (C=O) groups excluding carboxylic acids is 1. The van der Waals surface area contributed by atoms with Gasteiger partial charge >= 0.3 is 6.18 Å². The standard InChI is InChI=1S/C11H8F3NO/c1-6-3-8(7(2)16)9(5-15)10(4-6)11(12,13)14/h3-4H,1-2H3. The minimum absolute atomic E-state index is 0.185. The van der Waals surface area contributed by atoms with Gasteiger partial charge in [-0.25, -0.2) is 0 Å². The normalized spacial score (nSPS) is 11.0. The van der Waals surface area contributed by atoms with Crippen LogP contribution in [0.4, 0.5) is 13.2 Å². The lowest BCUT2D eigenvalue weighted by Gasteiger charge is -2.12. The van der Waals surface area contributed by atoms with E-state index in [4.69, 9.17) is 5.26 Å². The van der Waals surface area contributed by atoms with Crippen LogP contribution in [-0.2, 0) is 6.18 Å². The summed E-state index contributed by atoms with van der Waals surface area (Å²) in [5.41, 5.74) is -1.54. The molecule has 0 radical (unpaired) electrons. The van der Waals surface area contributed by atoms with Gasteiger partial charge in [0.05, 0.1) is 11.1 Å². The number of hydrogen-bond acceptors (Lipinski definition) is 2. The Bertz CT molecular complexity index is 483. The maximum atomic E-state index is 12.6. The van der Waals surface area contributed by atoms with E-state index in [0.717, 1.165) is 13.0 Å². The zero-order chi connectivity index (χ0) is 12.5. The number of Topliss-reactive ketones (excluding diaryl/α,β-unsaturated/α-hetero) is 1. The first-order valence-corrected chi connectivity index (χ1v) is 4.40. The number of benzene rings is 1. The molecule has 0 heterocycles. The van der Waals surface area contributed by atoms with Crippen LogP contribution in [0.3, 0.4) is 0 Å². The average molecular weight is 227 g/mol. The molecule has 0 aliphatic rings. The predicted molar refractivity (Wildman–Crippen MR) is 50.9 cm³/mol. The maximum absolute atomic E-state index is 12.6. The van der Waals surface area contributed by atoms with Crippen molar-refractivity contribution in [1.82, 2.24) is 0 Å². The minimum Gasteiger partial charge on any atom is -0.294 e. The van der Waals surface area contributed by atoms with Crippen LogP contribution in [0.25, 0.3) is 0 Å². The summed E-state index contributed by atoms with van der Waals surface area (Å²) in [6.07, 6.45) is -4.62. The molecule has 0 aliphatic carbocycles. The molecule has 0 fully saturated rings. The molecule has 2 nitrogen and oxygen atoms in total. The predicted octanol–water partition coefficient (Wildman–Crippen LogP) is 3.09. The Kier molecular flexibility index (Phi) is 3.04. The van der Waals surface area contributed by atoms with E-state index in [1.54, 1.807) is 0 Å². The van der Waals surface area contributed by atoms with Gasteiger partial charge in [-0.2, -0.15) is 18.4 Å². The molecule has 1 rings (SSSR count). The van der Waals surface area contributed by atoms with Crippen molar-refractivity contribution in [2.45, 2.75) is 20.0 Å². The first-order chi connectivity index (χ1) is 7.27. The SMILES string of the molecule is CC(=O)c1cc(C)cc(C(F)(F)F)c1C#N. The lowest BCUT2D eigenvalue weighted by Crippen LogP contribution is -2.12. The molecule has 84 valence electrons. The highest BCUT2D eigenvalue weighted by molar-refractivity contribution is 5.97. The number of rotatable bonds is 1. The molecule has 0 N–H and O–H groups in total. The first-order valence-electron chi connectivity index (χ1n) is 4.40. The van der Waals surface area contributed by atoms with Gasteiger partial charge in [0, 0.05) is 5.56 Å². The van der Waals surface area contributed by atoms with E-state index in [-0.39, 0.29) is 5.56 Å². The van der Waals surface area contributed by atoms with Gasteiger partial charge in [0.1, 0.15) is 6.07 Å². The van der Waals surface area contributed by atoms with Gasteiger partial charge in [0.2, 0.25) is 0 Å². The molecule has 1 aromatic rings. The number of aryl methyl sites for hydroxylation is 1. The molecule has 0 amide bonds. The summed E-state index contributed by atoms with van der Waals surface area (Å²) < 4.78 is 37.8. The topological polar surface area (TPSA) is 40.9 Å². The number of halogens is 3. The number of alkyl halides is 3. The molecule has 0 saturated heterocycles. The number of nitriles is 1. The van der Waals surface area contributed by atoms with E-state index in [9.17, 15) is 18.0 Å². The molecule has 0 aliphatic heterocycles. The molecule has 5 heteroatoms. The Morgan fingerprint density at radius 1 is 1.38 bits per heavy atom. The quantitative estimate of drug-likeness (QED) is 0.691. The lowest BCUT2D eigenvalue weighted by molar-refractivity contribution is -0.137. The summed E-state index contributed by atoms with van der Waals surface area (Å²) in [6, 6.07) is 3.59. The third-order valence-corrected chi connectivity index (χ3v) is 2.08. The summed E-state index contributed by atoms with van der Waals surface area (Å²) in [5, 5.41) is 8.70. The summed E-state index contributed by atoms with van der Waals surface area (Å²) in [4.78, 5) is 11.1. The van der Waals surface area contributed by atoms with E-state index in [0.29, 0.717) is 5.56 Å². The van der Waals surface area contributed by atoms with Crippen molar-refractivity contribution in [2.24, 2.45) is 0 Å². The number of nitrogens with zero attached hydrogens (tertiary/aromatic N) is 1. The van der Waals surface area contributed by atoms with Gasteiger partial charge in [-0.15, -0.1) is 0 Å². The van der Waals surface area contributed by atoms with Crippen LogP contribution in [0.1, 0.15) is 34.0 Å². The monoisotopic (exact) mass is 227 g/mol. The highest BCUT2D eigenvalue weighted by Gasteiger charge is 2.35. The van der Waals surface area contributed by atoms with Gasteiger partial charge in [0.25, 0.3) is 0 Å². The fraction of sp³-hybridized carbons (Fsp3) is 0.273. The highest BCUT2D eigenvalue weighted by Crippen LogP contribution is 2.34. The molecule has 0 bridgehead atoms. The number of hydrogen-bond donors (Lipinski definition) is 0. The fourth-order valence-electron chi connectivity index (χ4n) is 1.41. The van der Waals surface area contributed by atoms with Gasteiger partial charge in [-0.1, -0.05) is 0 Å². The number of carbonyl (C=O) groups is 1. The third-order valence-electron chi connectivity index (χ3n) is 2.08. The van der Waals surface area contributed by atoms with Crippen LogP contribution >= 0.6 is 0 Å². The second-order valence-corrected chi connectivity index (χ2v) is 3.40. The Morgan fingerprint density at radius 3 is 2.31 bits per heavy atom. The van der Waals surface area contributed by atoms with Crippen LogP contribution in [0.15, 0.2) is 12.1 Å². The molecule has 0 spiro atoms. The van der Waals surface area contributed by atoms with Crippen LogP contribution < -0.4 is 0 Å². The van der Waals surface area contributed by atoms with Gasteiger partial charge < -0.3 is 0 Å². The molecule has 0 unspecified atom stereocenters. The van der Waals surface area contributed by atoms with Crippen molar-refractivity contribution in [1.29, 1.82) is 5.26 Å². The van der Waals surface area contributed by atoms with E-state index in [1.165, 1.54) is 19.1 Å². The van der Waals surface area contributed by atoms with Crippen molar-refractivity contribution in [3.05, 3.63) is 34.4 Å². The van der Waals surface area contributed by atoms with Gasteiger partial charge in [-0.05, 0) is 31.5 Å². The van der Waals surface area contributed by atoms with E-state index >= 15 is 0 Å². The largest absolute Gasteiger partial charge is 0.417 e. The van der Waals surface area contributed by atoms with Crippen LogP contribution in [0.2, 0.25) is 0 Å². The summed E-state index contributed by atoms with van der Waals surface area (Å²) >= 11 is 0. The Labute approximate surface area is 90.3 Å². The zero-order valence-electron chi connectivity index (χ0n) is 8.64. The molecule has 1 aromatic carbocycles. The first kappa shape index (κ1) is 12.2. The van der Waals surface area contributed by atoms with Crippen molar-refractivity contribution in [3.63, 3.8) is 0 Å². The molecular formula is C11H8F3NO. The molecule has 0 saturated carbocycles. The number of ketones is 1. The van der Waals surface area contributed by atoms with E-state index < -0.39 is 23.1 Å². The second kappa shape index (κ2) is 3.97. The van der Waals surface area contributed by atoms with Gasteiger partial charge in [0.15, 0.2) is 5.78 Å². The summed E-state index contributed by atoms with van der Waals surface area (Å²) in [6.45, 7) is 2.58. The fourth-order valence-corrected chi connectivity index (χ4v) is 1.41. The van der Waals surface area contributed by atoms with Crippen LogP contribution in [0, 0.1) is 18.3 Å².